The molecule has 5 heteroatoms. The molecule has 2 aromatic rings. The summed E-state index contributed by atoms with van der Waals surface area (Å²) in [6.45, 7) is 1.70. The van der Waals surface area contributed by atoms with Crippen molar-refractivity contribution in [3.8, 4) is 5.75 Å². The fourth-order valence-electron chi connectivity index (χ4n) is 2.03. The Balaban J connectivity index is 2.08. The van der Waals surface area contributed by atoms with Gasteiger partial charge in [-0.1, -0.05) is 18.2 Å². The Bertz CT molecular complexity index is 640. The van der Waals surface area contributed by atoms with Crippen LogP contribution >= 0.6 is 0 Å². The van der Waals surface area contributed by atoms with E-state index in [2.05, 4.69) is 9.97 Å². The monoisotopic (exact) mass is 260 g/mol. The minimum absolute atomic E-state index is 0.0817. The van der Waals surface area contributed by atoms with E-state index in [0.717, 1.165) is 11.3 Å². The summed E-state index contributed by atoms with van der Waals surface area (Å²) in [7, 11) is 1.61. The Hall–Kier alpha value is -2.30. The second-order valence-corrected chi connectivity index (χ2v) is 4.31. The summed E-state index contributed by atoms with van der Waals surface area (Å²) < 4.78 is 5.24. The van der Waals surface area contributed by atoms with Gasteiger partial charge in [-0.05, 0) is 25.0 Å². The van der Waals surface area contributed by atoms with E-state index >= 15 is 0 Å². The van der Waals surface area contributed by atoms with E-state index in [1.54, 1.807) is 14.0 Å². The second-order valence-electron chi connectivity index (χ2n) is 4.31. The van der Waals surface area contributed by atoms with Crippen LogP contribution in [0.1, 0.15) is 28.2 Å². The Morgan fingerprint density at radius 2 is 2.00 bits per heavy atom. The third kappa shape index (κ3) is 2.93. The Morgan fingerprint density at radius 3 is 2.63 bits per heavy atom. The topological polar surface area (TPSA) is 75.0 Å². The van der Waals surface area contributed by atoms with Crippen molar-refractivity contribution in [1.29, 1.82) is 0 Å². The van der Waals surface area contributed by atoms with Crippen molar-refractivity contribution < 1.29 is 9.53 Å². The van der Waals surface area contributed by atoms with Gasteiger partial charge in [0.1, 0.15) is 11.4 Å². The number of hydrogen-bond acceptors (Lipinski definition) is 3. The van der Waals surface area contributed by atoms with Gasteiger partial charge in [0.05, 0.1) is 7.11 Å². The lowest BCUT2D eigenvalue weighted by Crippen LogP contribution is -2.06. The van der Waals surface area contributed by atoms with Crippen molar-refractivity contribution in [2.45, 2.75) is 19.8 Å². The molecule has 1 aromatic heterocycles. The molecular formula is C14H16N2O3. The molecular weight excluding hydrogens is 244 g/mol. The first-order chi connectivity index (χ1) is 9.11. The highest BCUT2D eigenvalue weighted by molar-refractivity contribution is 5.95. The minimum atomic E-state index is -0.349. The molecule has 0 saturated carbocycles. The molecule has 0 unspecified atom stereocenters. The van der Waals surface area contributed by atoms with E-state index in [4.69, 9.17) is 4.74 Å². The van der Waals surface area contributed by atoms with Crippen molar-refractivity contribution in [2.75, 3.05) is 7.11 Å². The molecule has 2 N–H and O–H groups in total. The molecule has 0 amide bonds. The molecule has 0 bridgehead atoms. The third-order valence-electron chi connectivity index (χ3n) is 3.01. The number of aromatic nitrogens is 2. The van der Waals surface area contributed by atoms with Crippen LogP contribution in [-0.2, 0) is 6.42 Å². The van der Waals surface area contributed by atoms with Crippen molar-refractivity contribution in [3.05, 3.63) is 51.7 Å². The number of hydrogen-bond donors (Lipinski definition) is 2. The Kier molecular flexibility index (Phi) is 3.85. The van der Waals surface area contributed by atoms with E-state index in [0.29, 0.717) is 24.2 Å². The van der Waals surface area contributed by atoms with E-state index in [-0.39, 0.29) is 11.5 Å². The number of carbonyl (C=O) groups is 1. The lowest BCUT2D eigenvalue weighted by atomic mass is 10.0. The van der Waals surface area contributed by atoms with Gasteiger partial charge in [-0.25, -0.2) is 4.79 Å². The molecule has 0 saturated heterocycles. The molecule has 0 aliphatic rings. The van der Waals surface area contributed by atoms with Gasteiger partial charge in [-0.2, -0.15) is 0 Å². The number of carbonyl (C=O) groups excluding carboxylic acids is 1. The molecule has 19 heavy (non-hydrogen) atoms. The Labute approximate surface area is 110 Å². The number of ether oxygens (including phenoxy) is 1. The van der Waals surface area contributed by atoms with E-state index in [9.17, 15) is 9.59 Å². The first-order valence-corrected chi connectivity index (χ1v) is 6.06. The summed E-state index contributed by atoms with van der Waals surface area (Å²) in [5, 5.41) is 0. The number of Topliss-reactive ketones (excluding diaryl/α,β-unsaturated/α-hetero) is 1. The highest BCUT2D eigenvalue weighted by atomic mass is 16.5. The molecule has 0 spiro atoms. The normalized spacial score (nSPS) is 10.4. The van der Waals surface area contributed by atoms with Gasteiger partial charge in [0.15, 0.2) is 5.78 Å². The number of para-hydroxylation sites is 1. The van der Waals surface area contributed by atoms with Crippen LogP contribution in [0.3, 0.4) is 0 Å². The van der Waals surface area contributed by atoms with Gasteiger partial charge in [0, 0.05) is 12.1 Å². The largest absolute Gasteiger partial charge is 0.496 e. The molecule has 0 aliphatic carbocycles. The molecule has 0 radical (unpaired) electrons. The summed E-state index contributed by atoms with van der Waals surface area (Å²) in [5.41, 5.74) is 1.57. The summed E-state index contributed by atoms with van der Waals surface area (Å²) in [4.78, 5) is 28.2. The number of rotatable bonds is 5. The van der Waals surface area contributed by atoms with E-state index in [1.165, 1.54) is 0 Å². The number of ketones is 1. The summed E-state index contributed by atoms with van der Waals surface area (Å²) in [6.07, 6.45) is 0.907. The maximum Gasteiger partial charge on any atom is 0.323 e. The highest BCUT2D eigenvalue weighted by Gasteiger charge is 2.13. The number of nitrogens with one attached hydrogen (secondary N) is 2. The van der Waals surface area contributed by atoms with Crippen LogP contribution in [0, 0.1) is 6.92 Å². The number of imidazole rings is 1. The smallest absolute Gasteiger partial charge is 0.323 e. The van der Waals surface area contributed by atoms with Gasteiger partial charge < -0.3 is 14.7 Å². The molecule has 0 fully saturated rings. The fraction of sp³-hybridized carbons (Fsp3) is 0.286. The van der Waals surface area contributed by atoms with Crippen LogP contribution in [0.2, 0.25) is 0 Å². The Morgan fingerprint density at radius 1 is 1.26 bits per heavy atom. The van der Waals surface area contributed by atoms with Crippen LogP contribution in [0.4, 0.5) is 0 Å². The van der Waals surface area contributed by atoms with E-state index < -0.39 is 0 Å². The third-order valence-corrected chi connectivity index (χ3v) is 3.01. The molecule has 1 aromatic carbocycles. The van der Waals surface area contributed by atoms with Crippen molar-refractivity contribution in [1.82, 2.24) is 9.97 Å². The summed E-state index contributed by atoms with van der Waals surface area (Å²) in [6, 6.07) is 7.59. The lowest BCUT2D eigenvalue weighted by molar-refractivity contribution is 0.0977. The number of methoxy groups -OCH3 is 1. The fourth-order valence-corrected chi connectivity index (χ4v) is 2.03. The lowest BCUT2D eigenvalue weighted by Gasteiger charge is -2.07. The second kappa shape index (κ2) is 5.56. The molecule has 1 heterocycles. The molecule has 0 aliphatic heterocycles. The first-order valence-electron chi connectivity index (χ1n) is 6.06. The van der Waals surface area contributed by atoms with Gasteiger partial charge in [-0.3, -0.25) is 4.79 Å². The first kappa shape index (κ1) is 13.1. The van der Waals surface area contributed by atoms with Crippen LogP contribution in [0.5, 0.6) is 5.75 Å². The predicted molar refractivity (Wildman–Crippen MR) is 71.8 cm³/mol. The molecule has 5 nitrogen and oxygen atoms in total. The maximum atomic E-state index is 12.0. The number of benzene rings is 1. The number of H-pyrrole nitrogens is 2. The highest BCUT2D eigenvalue weighted by Crippen LogP contribution is 2.19. The summed E-state index contributed by atoms with van der Waals surface area (Å²) in [5.74, 6) is 0.691. The average molecular weight is 260 g/mol. The predicted octanol–water partition coefficient (Wildman–Crippen LogP) is 1.84. The zero-order chi connectivity index (χ0) is 13.8. The zero-order valence-corrected chi connectivity index (χ0v) is 10.9. The van der Waals surface area contributed by atoms with Gasteiger partial charge in [-0.15, -0.1) is 0 Å². The molecule has 0 atom stereocenters. The SMILES string of the molecule is COc1ccccc1CCC(=O)c1[nH]c(=O)[nH]c1C. The van der Waals surface area contributed by atoms with Crippen molar-refractivity contribution in [3.63, 3.8) is 0 Å². The number of aromatic amines is 2. The average Bonchev–Trinajstić information content (AvgIpc) is 2.75. The summed E-state index contributed by atoms with van der Waals surface area (Å²) >= 11 is 0. The van der Waals surface area contributed by atoms with E-state index in [1.807, 2.05) is 24.3 Å². The number of aryl methyl sites for hydroxylation is 2. The maximum absolute atomic E-state index is 12.0. The van der Waals surface area contributed by atoms with Crippen molar-refractivity contribution in [2.24, 2.45) is 0 Å². The van der Waals surface area contributed by atoms with Crippen LogP contribution < -0.4 is 10.4 Å². The zero-order valence-electron chi connectivity index (χ0n) is 10.9. The molecule has 2 rings (SSSR count). The standard InChI is InChI=1S/C14H16N2O3/c1-9-13(16-14(18)15-9)11(17)8-7-10-5-3-4-6-12(10)19-2/h3-6H,7-8H2,1-2H3,(H2,15,16,18). The van der Waals surface area contributed by atoms with Gasteiger partial charge >= 0.3 is 5.69 Å². The van der Waals surface area contributed by atoms with Gasteiger partial charge in [0.2, 0.25) is 0 Å². The molecule has 100 valence electrons. The van der Waals surface area contributed by atoms with Gasteiger partial charge in [0.25, 0.3) is 0 Å². The van der Waals surface area contributed by atoms with Crippen molar-refractivity contribution >= 4 is 5.78 Å². The van der Waals surface area contributed by atoms with Crippen LogP contribution in [0.25, 0.3) is 0 Å². The van der Waals surface area contributed by atoms with Crippen LogP contribution in [0.15, 0.2) is 29.1 Å². The van der Waals surface area contributed by atoms with Crippen LogP contribution in [-0.4, -0.2) is 22.9 Å². The quantitative estimate of drug-likeness (QED) is 0.805. The minimum Gasteiger partial charge on any atom is -0.496 e.